The lowest BCUT2D eigenvalue weighted by Crippen LogP contribution is -2.49. The summed E-state index contributed by atoms with van der Waals surface area (Å²) in [7, 11) is 0. The van der Waals surface area contributed by atoms with Crippen LogP contribution >= 0.6 is 0 Å². The van der Waals surface area contributed by atoms with Crippen LogP contribution in [0.5, 0.6) is 0 Å². The van der Waals surface area contributed by atoms with Crippen LogP contribution in [0.15, 0.2) is 18.0 Å². The monoisotopic (exact) mass is 381 g/mol. The first-order valence-electron chi connectivity index (χ1n) is 9.17. The lowest BCUT2D eigenvalue weighted by Gasteiger charge is -2.35. The Morgan fingerprint density at radius 3 is 2.68 bits per heavy atom. The second-order valence-electron chi connectivity index (χ2n) is 7.17. The molecule has 0 aliphatic carbocycles. The van der Waals surface area contributed by atoms with Gasteiger partial charge in [-0.3, -0.25) is 9.59 Å². The first-order valence-corrected chi connectivity index (χ1v) is 9.17. The fourth-order valence-electron chi connectivity index (χ4n) is 3.14. The zero-order valence-electron chi connectivity index (χ0n) is 16.0. The Kier molecular flexibility index (Phi) is 5.59. The topological polar surface area (TPSA) is 132 Å². The summed E-state index contributed by atoms with van der Waals surface area (Å²) in [4.78, 5) is 39.5. The highest BCUT2D eigenvalue weighted by atomic mass is 16.2. The maximum Gasteiger partial charge on any atom is 0.259 e. The van der Waals surface area contributed by atoms with Crippen molar-refractivity contribution in [3.8, 4) is 6.07 Å². The van der Waals surface area contributed by atoms with Gasteiger partial charge in [-0.25, -0.2) is 9.97 Å². The van der Waals surface area contributed by atoms with E-state index in [2.05, 4.69) is 19.9 Å². The van der Waals surface area contributed by atoms with Crippen molar-refractivity contribution in [1.82, 2.24) is 19.9 Å². The minimum atomic E-state index is -0.789. The van der Waals surface area contributed by atoms with Crippen LogP contribution in [0.2, 0.25) is 0 Å². The van der Waals surface area contributed by atoms with Gasteiger partial charge in [-0.05, 0) is 12.0 Å². The molecule has 0 radical (unpaired) electrons. The molecule has 1 saturated heterocycles. The van der Waals surface area contributed by atoms with Crippen LogP contribution in [0, 0.1) is 17.2 Å². The molecule has 9 nitrogen and oxygen atoms in total. The van der Waals surface area contributed by atoms with E-state index in [-0.39, 0.29) is 11.5 Å². The van der Waals surface area contributed by atoms with Crippen LogP contribution in [0.4, 0.5) is 5.82 Å². The normalized spacial score (nSPS) is 15.1. The number of carbonyl (C=O) groups excluding carboxylic acids is 2. The van der Waals surface area contributed by atoms with E-state index in [9.17, 15) is 9.59 Å². The summed E-state index contributed by atoms with van der Waals surface area (Å²) in [6.07, 6.45) is 5.28. The van der Waals surface area contributed by atoms with Gasteiger partial charge in [0, 0.05) is 44.4 Å². The molecule has 3 rings (SSSR count). The molecule has 146 valence electrons. The zero-order valence-corrected chi connectivity index (χ0v) is 16.0. The third-order valence-corrected chi connectivity index (χ3v) is 4.62. The number of H-pyrrole nitrogens is 1. The Hall–Kier alpha value is -3.41. The minimum absolute atomic E-state index is 0.148. The zero-order chi connectivity index (χ0) is 20.3. The van der Waals surface area contributed by atoms with Gasteiger partial charge in [-0.15, -0.1) is 0 Å². The Morgan fingerprint density at radius 1 is 1.36 bits per heavy atom. The predicted molar refractivity (Wildman–Crippen MR) is 105 cm³/mol. The van der Waals surface area contributed by atoms with Crippen LogP contribution in [0.1, 0.15) is 25.8 Å². The molecular weight excluding hydrogens is 358 g/mol. The quantitative estimate of drug-likeness (QED) is 0.587. The molecule has 0 spiro atoms. The highest BCUT2D eigenvalue weighted by Crippen LogP contribution is 2.21. The molecule has 0 aromatic carbocycles. The van der Waals surface area contributed by atoms with Gasteiger partial charge in [0.15, 0.2) is 5.65 Å². The third-order valence-electron chi connectivity index (χ3n) is 4.62. The number of aromatic amines is 1. The minimum Gasteiger partial charge on any atom is -0.365 e. The number of primary amides is 1. The van der Waals surface area contributed by atoms with Crippen molar-refractivity contribution in [2.24, 2.45) is 11.7 Å². The number of anilines is 1. The average molecular weight is 381 g/mol. The number of carbonyl (C=O) groups is 2. The standard InChI is InChI=1S/C19H23N7O2/c1-12(2)7-16(27)26-5-3-25(4-6-26)15-11-23-19-17(24-15)14(10-22-19)8-13(9-20)18(21)28/h8,10-12H,3-7H2,1-2H3,(H2,21,28)(H,22,23). The number of amides is 2. The van der Waals surface area contributed by atoms with Crippen molar-refractivity contribution < 1.29 is 9.59 Å². The molecule has 0 unspecified atom stereocenters. The molecule has 3 heterocycles. The molecule has 28 heavy (non-hydrogen) atoms. The summed E-state index contributed by atoms with van der Waals surface area (Å²) >= 11 is 0. The summed E-state index contributed by atoms with van der Waals surface area (Å²) < 4.78 is 0. The average Bonchev–Trinajstić information content (AvgIpc) is 3.07. The number of aromatic nitrogens is 3. The molecule has 2 amide bonds. The van der Waals surface area contributed by atoms with Gasteiger partial charge in [-0.2, -0.15) is 5.26 Å². The van der Waals surface area contributed by atoms with E-state index in [1.165, 1.54) is 6.08 Å². The molecule has 0 bridgehead atoms. The maximum atomic E-state index is 12.2. The van der Waals surface area contributed by atoms with Gasteiger partial charge < -0.3 is 20.5 Å². The number of piperazine rings is 1. The maximum absolute atomic E-state index is 12.2. The predicted octanol–water partition coefficient (Wildman–Crippen LogP) is 1.04. The van der Waals surface area contributed by atoms with Crippen LogP contribution in [0.25, 0.3) is 17.2 Å². The van der Waals surface area contributed by atoms with Crippen molar-refractivity contribution in [3.63, 3.8) is 0 Å². The number of rotatable bonds is 5. The highest BCUT2D eigenvalue weighted by molar-refractivity contribution is 6.02. The molecule has 1 fully saturated rings. The SMILES string of the molecule is CC(C)CC(=O)N1CCN(c2cnc3[nH]cc(C=C(C#N)C(N)=O)c3n2)CC1. The van der Waals surface area contributed by atoms with Crippen LogP contribution in [0.3, 0.4) is 0 Å². The highest BCUT2D eigenvalue weighted by Gasteiger charge is 2.23. The van der Waals surface area contributed by atoms with Gasteiger partial charge in [0.25, 0.3) is 5.91 Å². The Bertz CT molecular complexity index is 962. The Balaban J connectivity index is 1.78. The number of hydrogen-bond donors (Lipinski definition) is 2. The summed E-state index contributed by atoms with van der Waals surface area (Å²) in [5, 5.41) is 9.04. The fraction of sp³-hybridized carbons (Fsp3) is 0.421. The smallest absolute Gasteiger partial charge is 0.259 e. The van der Waals surface area contributed by atoms with Crippen LogP contribution in [-0.2, 0) is 9.59 Å². The summed E-state index contributed by atoms with van der Waals surface area (Å²) in [5.41, 5.74) is 6.75. The molecule has 0 saturated carbocycles. The fourth-order valence-corrected chi connectivity index (χ4v) is 3.14. The Morgan fingerprint density at radius 2 is 2.07 bits per heavy atom. The van der Waals surface area contributed by atoms with Gasteiger partial charge in [0.1, 0.15) is 23.0 Å². The molecular formula is C19H23N7O2. The molecule has 9 heteroatoms. The second kappa shape index (κ2) is 8.08. The van der Waals surface area contributed by atoms with Gasteiger partial charge >= 0.3 is 0 Å². The molecule has 1 aliphatic rings. The number of nitrogens with one attached hydrogen (secondary N) is 1. The van der Waals surface area contributed by atoms with Crippen molar-refractivity contribution >= 4 is 34.9 Å². The number of nitrogens with zero attached hydrogens (tertiary/aromatic N) is 5. The van der Waals surface area contributed by atoms with Crippen molar-refractivity contribution in [3.05, 3.63) is 23.5 Å². The first kappa shape index (κ1) is 19.4. The molecule has 3 N–H and O–H groups in total. The number of nitrogens with two attached hydrogens (primary N) is 1. The van der Waals surface area contributed by atoms with E-state index in [1.807, 2.05) is 18.7 Å². The summed E-state index contributed by atoms with van der Waals surface area (Å²) in [5.74, 6) is 0.431. The molecule has 2 aromatic rings. The van der Waals surface area contributed by atoms with Crippen LogP contribution in [-0.4, -0.2) is 57.8 Å². The second-order valence-corrected chi connectivity index (χ2v) is 7.17. The van der Waals surface area contributed by atoms with E-state index in [4.69, 9.17) is 11.0 Å². The van der Waals surface area contributed by atoms with Gasteiger partial charge in [-0.1, -0.05) is 13.8 Å². The van der Waals surface area contributed by atoms with E-state index in [0.29, 0.717) is 61.1 Å². The van der Waals surface area contributed by atoms with E-state index in [1.54, 1.807) is 18.5 Å². The first-order chi connectivity index (χ1) is 13.4. The van der Waals surface area contributed by atoms with E-state index < -0.39 is 5.91 Å². The van der Waals surface area contributed by atoms with E-state index >= 15 is 0 Å². The number of fused-ring (bicyclic) bond motifs is 1. The van der Waals surface area contributed by atoms with Gasteiger partial charge in [0.05, 0.1) is 6.20 Å². The number of hydrogen-bond acceptors (Lipinski definition) is 6. The summed E-state index contributed by atoms with van der Waals surface area (Å²) in [6.45, 7) is 6.71. The summed E-state index contributed by atoms with van der Waals surface area (Å²) in [6, 6.07) is 1.79. The lowest BCUT2D eigenvalue weighted by atomic mass is 10.1. The Labute approximate surface area is 162 Å². The molecule has 2 aromatic heterocycles. The van der Waals surface area contributed by atoms with Crippen molar-refractivity contribution in [2.75, 3.05) is 31.1 Å². The lowest BCUT2D eigenvalue weighted by molar-refractivity contribution is -0.132. The third kappa shape index (κ3) is 4.11. The van der Waals surface area contributed by atoms with Crippen LogP contribution < -0.4 is 10.6 Å². The van der Waals surface area contributed by atoms with E-state index in [0.717, 1.165) is 0 Å². The van der Waals surface area contributed by atoms with Gasteiger partial charge in [0.2, 0.25) is 5.91 Å². The molecule has 1 aliphatic heterocycles. The van der Waals surface area contributed by atoms with Crippen molar-refractivity contribution in [2.45, 2.75) is 20.3 Å². The largest absolute Gasteiger partial charge is 0.365 e. The molecule has 0 atom stereocenters. The number of nitriles is 1. The van der Waals surface area contributed by atoms with Crippen molar-refractivity contribution in [1.29, 1.82) is 5.26 Å².